The van der Waals surface area contributed by atoms with Gasteiger partial charge in [-0.3, -0.25) is 14.7 Å². The van der Waals surface area contributed by atoms with Crippen LogP contribution in [-0.2, 0) is 11.3 Å². The van der Waals surface area contributed by atoms with Gasteiger partial charge in [0.15, 0.2) is 11.6 Å². The van der Waals surface area contributed by atoms with Crippen LogP contribution in [-0.4, -0.2) is 39.6 Å². The summed E-state index contributed by atoms with van der Waals surface area (Å²) in [6, 6.07) is 6.47. The van der Waals surface area contributed by atoms with Crippen LogP contribution in [0.15, 0.2) is 41.3 Å². The third kappa shape index (κ3) is 2.78. The fraction of sp³-hybridized carbons (Fsp3) is 0.190. The largest absolute Gasteiger partial charge is 0.373 e. The van der Waals surface area contributed by atoms with Crippen molar-refractivity contribution in [2.75, 3.05) is 13.7 Å². The van der Waals surface area contributed by atoms with Crippen LogP contribution in [0, 0.1) is 11.6 Å². The van der Waals surface area contributed by atoms with E-state index in [1.54, 1.807) is 31.4 Å². The number of halogens is 2. The summed E-state index contributed by atoms with van der Waals surface area (Å²) in [5.74, 6) is -2.43. The summed E-state index contributed by atoms with van der Waals surface area (Å²) < 4.78 is 33.3. The zero-order valence-corrected chi connectivity index (χ0v) is 15.8. The van der Waals surface area contributed by atoms with Crippen LogP contribution in [0.1, 0.15) is 27.7 Å². The highest BCUT2D eigenvalue weighted by atomic mass is 19.2. The van der Waals surface area contributed by atoms with E-state index in [-0.39, 0.29) is 29.9 Å². The summed E-state index contributed by atoms with van der Waals surface area (Å²) >= 11 is 0. The van der Waals surface area contributed by atoms with E-state index in [1.165, 1.54) is 4.90 Å². The van der Waals surface area contributed by atoms with E-state index >= 15 is 0 Å². The lowest BCUT2D eigenvalue weighted by molar-refractivity contribution is 0.0336. The number of H-pyrrole nitrogens is 2. The maximum absolute atomic E-state index is 14.0. The molecule has 0 unspecified atom stereocenters. The third-order valence-electron chi connectivity index (χ3n) is 5.52. The summed E-state index contributed by atoms with van der Waals surface area (Å²) in [6.45, 7) is 0.266. The number of likely N-dealkylation sites (N-methyl/N-ethyl adjacent to an activating group) is 1. The molecule has 0 bridgehead atoms. The molecule has 1 atom stereocenters. The van der Waals surface area contributed by atoms with Gasteiger partial charge >= 0.3 is 0 Å². The smallest absolute Gasteiger partial charge is 0.256 e. The summed E-state index contributed by atoms with van der Waals surface area (Å²) in [5, 5.41) is 7.88. The third-order valence-corrected chi connectivity index (χ3v) is 5.52. The highest BCUT2D eigenvalue weighted by molar-refractivity contribution is 5.98. The second-order valence-electron chi connectivity index (χ2n) is 7.28. The lowest BCUT2D eigenvalue weighted by Crippen LogP contribution is -2.37. The van der Waals surface area contributed by atoms with Crippen LogP contribution in [0.25, 0.3) is 21.7 Å². The van der Waals surface area contributed by atoms with Crippen LogP contribution in [0.4, 0.5) is 8.78 Å². The molecule has 152 valence electrons. The number of rotatable bonds is 2. The quantitative estimate of drug-likeness (QED) is 0.532. The van der Waals surface area contributed by atoms with Crippen molar-refractivity contribution in [3.63, 3.8) is 0 Å². The molecule has 2 aromatic carbocycles. The molecule has 0 aliphatic carbocycles. The molecule has 2 N–H and O–H groups in total. The molecule has 7 nitrogen and oxygen atoms in total. The molecule has 0 spiro atoms. The van der Waals surface area contributed by atoms with E-state index in [1.807, 2.05) is 0 Å². The first-order chi connectivity index (χ1) is 14.4. The Bertz CT molecular complexity index is 1380. The van der Waals surface area contributed by atoms with E-state index < -0.39 is 23.2 Å². The standard InChI is InChI=1S/C21H16F2N4O3/c1-27(21(29)10-2-3-16-11(4-10)7-24-26-16)18-9-30-8-17-19(18)12-5-14(22)15(23)6-13(12)20(28)25-17/h2-7,18H,8-9H2,1H3,(H,24,26)(H,25,28)/t18-/m1/s1. The number of ether oxygens (including phenoxy) is 1. The maximum Gasteiger partial charge on any atom is 0.256 e. The van der Waals surface area contributed by atoms with Crippen LogP contribution in [0.2, 0.25) is 0 Å². The van der Waals surface area contributed by atoms with Gasteiger partial charge in [-0.05, 0) is 35.7 Å². The monoisotopic (exact) mass is 410 g/mol. The Morgan fingerprint density at radius 3 is 2.77 bits per heavy atom. The highest BCUT2D eigenvalue weighted by Gasteiger charge is 2.31. The van der Waals surface area contributed by atoms with Crippen molar-refractivity contribution < 1.29 is 18.3 Å². The summed E-state index contributed by atoms with van der Waals surface area (Å²) in [7, 11) is 1.61. The Kier molecular flexibility index (Phi) is 4.14. The van der Waals surface area contributed by atoms with E-state index in [9.17, 15) is 18.4 Å². The average Bonchev–Trinajstić information content (AvgIpc) is 3.21. The zero-order chi connectivity index (χ0) is 21.0. The van der Waals surface area contributed by atoms with Crippen LogP contribution >= 0.6 is 0 Å². The van der Waals surface area contributed by atoms with Gasteiger partial charge in [-0.2, -0.15) is 5.10 Å². The number of pyridine rings is 1. The lowest BCUT2D eigenvalue weighted by atomic mass is 9.95. The van der Waals surface area contributed by atoms with Crippen molar-refractivity contribution in [1.82, 2.24) is 20.1 Å². The van der Waals surface area contributed by atoms with Crippen molar-refractivity contribution >= 4 is 27.6 Å². The number of benzene rings is 2. The van der Waals surface area contributed by atoms with Gasteiger partial charge in [0.2, 0.25) is 0 Å². The van der Waals surface area contributed by atoms with Crippen molar-refractivity contribution in [2.24, 2.45) is 0 Å². The highest BCUT2D eigenvalue weighted by Crippen LogP contribution is 2.34. The second-order valence-corrected chi connectivity index (χ2v) is 7.28. The Labute approximate surface area is 168 Å². The van der Waals surface area contributed by atoms with Crippen molar-refractivity contribution in [3.05, 3.63) is 75.3 Å². The fourth-order valence-corrected chi connectivity index (χ4v) is 3.97. The molecule has 2 aromatic heterocycles. The summed E-state index contributed by atoms with van der Waals surface area (Å²) in [5.41, 5.74) is 1.71. The number of nitrogens with zero attached hydrogens (tertiary/aromatic N) is 2. The first-order valence-electron chi connectivity index (χ1n) is 9.26. The minimum absolute atomic E-state index is 0.0280. The van der Waals surface area contributed by atoms with Gasteiger partial charge in [-0.1, -0.05) is 0 Å². The number of fused-ring (bicyclic) bond motifs is 4. The number of carbonyl (C=O) groups is 1. The topological polar surface area (TPSA) is 91.1 Å². The molecule has 1 aliphatic rings. The molecule has 0 saturated heterocycles. The van der Waals surface area contributed by atoms with E-state index in [0.717, 1.165) is 23.0 Å². The van der Waals surface area contributed by atoms with Gasteiger partial charge in [-0.25, -0.2) is 8.78 Å². The number of aromatic nitrogens is 3. The van der Waals surface area contributed by atoms with Gasteiger partial charge in [0.1, 0.15) is 0 Å². The minimum atomic E-state index is -1.10. The average molecular weight is 410 g/mol. The van der Waals surface area contributed by atoms with Crippen LogP contribution in [0.5, 0.6) is 0 Å². The first kappa shape index (κ1) is 18.4. The van der Waals surface area contributed by atoms with Crippen molar-refractivity contribution in [3.8, 4) is 0 Å². The van der Waals surface area contributed by atoms with Crippen molar-refractivity contribution in [2.45, 2.75) is 12.6 Å². The van der Waals surface area contributed by atoms with Gasteiger partial charge in [0, 0.05) is 29.3 Å². The predicted octanol–water partition coefficient (Wildman–Crippen LogP) is 3.03. The Balaban J connectivity index is 1.62. The molecule has 30 heavy (non-hydrogen) atoms. The zero-order valence-electron chi connectivity index (χ0n) is 15.8. The second kappa shape index (κ2) is 6.74. The predicted molar refractivity (Wildman–Crippen MR) is 105 cm³/mol. The van der Waals surface area contributed by atoms with Gasteiger partial charge < -0.3 is 14.6 Å². The molecule has 0 saturated carbocycles. The molecule has 3 heterocycles. The minimum Gasteiger partial charge on any atom is -0.373 e. The number of hydrogen-bond acceptors (Lipinski definition) is 4. The van der Waals surface area contributed by atoms with Gasteiger partial charge in [0.25, 0.3) is 11.5 Å². The Morgan fingerprint density at radius 2 is 1.97 bits per heavy atom. The molecule has 9 heteroatoms. The number of amides is 1. The van der Waals surface area contributed by atoms with Gasteiger partial charge in [-0.15, -0.1) is 0 Å². The molecule has 4 aromatic rings. The van der Waals surface area contributed by atoms with E-state index in [4.69, 9.17) is 4.74 Å². The summed E-state index contributed by atoms with van der Waals surface area (Å²) in [6.07, 6.45) is 1.63. The molecular weight excluding hydrogens is 394 g/mol. The van der Waals surface area contributed by atoms with Crippen molar-refractivity contribution in [1.29, 1.82) is 0 Å². The Hall–Kier alpha value is -3.59. The first-order valence-corrected chi connectivity index (χ1v) is 9.26. The SMILES string of the molecule is CN(C(=O)c1ccc2[nH]ncc2c1)[C@@H]1COCc2[nH]c(=O)c3cc(F)c(F)cc3c21. The maximum atomic E-state index is 14.0. The van der Waals surface area contributed by atoms with E-state index in [2.05, 4.69) is 15.2 Å². The molecule has 1 aliphatic heterocycles. The normalized spacial score (nSPS) is 16.0. The fourth-order valence-electron chi connectivity index (χ4n) is 3.97. The molecule has 1 amide bonds. The molecule has 0 fully saturated rings. The van der Waals surface area contributed by atoms with Crippen LogP contribution < -0.4 is 5.56 Å². The molecule has 5 rings (SSSR count). The van der Waals surface area contributed by atoms with E-state index in [0.29, 0.717) is 16.8 Å². The Morgan fingerprint density at radius 1 is 1.20 bits per heavy atom. The summed E-state index contributed by atoms with van der Waals surface area (Å²) in [4.78, 5) is 29.7. The number of aromatic amines is 2. The van der Waals surface area contributed by atoms with Gasteiger partial charge in [0.05, 0.1) is 36.4 Å². The lowest BCUT2D eigenvalue weighted by Gasteiger charge is -2.34. The molecular formula is C21H16F2N4O3. The number of hydrogen-bond donors (Lipinski definition) is 2. The number of carbonyl (C=O) groups excluding carboxylic acids is 1. The van der Waals surface area contributed by atoms with Crippen LogP contribution in [0.3, 0.4) is 0 Å². The molecule has 0 radical (unpaired) electrons. The number of nitrogens with one attached hydrogen (secondary N) is 2.